The molecule has 134 valence electrons. The predicted octanol–water partition coefficient (Wildman–Crippen LogP) is 2.39. The second kappa shape index (κ2) is 6.48. The van der Waals surface area contributed by atoms with Crippen LogP contribution in [0.2, 0.25) is 0 Å². The van der Waals surface area contributed by atoms with Crippen LogP contribution in [0, 0.1) is 13.8 Å². The molecule has 1 amide bonds. The van der Waals surface area contributed by atoms with Crippen molar-refractivity contribution in [2.24, 2.45) is 7.05 Å². The Balaban J connectivity index is 1.57. The van der Waals surface area contributed by atoms with E-state index in [1.807, 2.05) is 30.5 Å². The summed E-state index contributed by atoms with van der Waals surface area (Å²) in [6.45, 7) is 5.26. The molecule has 4 rings (SSSR count). The van der Waals surface area contributed by atoms with Crippen LogP contribution < -0.4 is 0 Å². The Morgan fingerprint density at radius 2 is 2.04 bits per heavy atom. The van der Waals surface area contributed by atoms with Crippen LogP contribution in [0.1, 0.15) is 46.3 Å². The van der Waals surface area contributed by atoms with Crippen molar-refractivity contribution in [3.05, 3.63) is 47.3 Å². The van der Waals surface area contributed by atoms with Crippen LogP contribution in [-0.2, 0) is 7.05 Å². The van der Waals surface area contributed by atoms with Crippen LogP contribution >= 0.6 is 0 Å². The van der Waals surface area contributed by atoms with E-state index in [1.54, 1.807) is 12.4 Å². The molecule has 0 spiro atoms. The number of carbonyl (C=O) groups excluding carboxylic acids is 1. The van der Waals surface area contributed by atoms with Crippen molar-refractivity contribution in [1.82, 2.24) is 29.6 Å². The summed E-state index contributed by atoms with van der Waals surface area (Å²) in [5.41, 5.74) is 4.12. The third-order valence-corrected chi connectivity index (χ3v) is 5.02. The highest BCUT2D eigenvalue weighted by molar-refractivity contribution is 5.92. The molecule has 1 aliphatic rings. The molecule has 0 N–H and O–H groups in total. The highest BCUT2D eigenvalue weighted by atomic mass is 16.2. The van der Waals surface area contributed by atoms with Gasteiger partial charge in [0.25, 0.3) is 5.91 Å². The van der Waals surface area contributed by atoms with Gasteiger partial charge in [0.05, 0.1) is 17.6 Å². The lowest BCUT2D eigenvalue weighted by molar-refractivity contribution is 0.0699. The van der Waals surface area contributed by atoms with Gasteiger partial charge in [-0.15, -0.1) is 0 Å². The van der Waals surface area contributed by atoms with Crippen molar-refractivity contribution < 1.29 is 4.79 Å². The maximum Gasteiger partial charge on any atom is 0.274 e. The molecule has 0 aromatic carbocycles. The number of hydrogen-bond donors (Lipinski definition) is 0. The smallest absolute Gasteiger partial charge is 0.274 e. The summed E-state index contributed by atoms with van der Waals surface area (Å²) in [7, 11) is 1.92. The minimum atomic E-state index is -0.0559. The standard InChI is InChI=1S/C19H22N6O/c1-12-9-21-17(10-20-12)19(26)25-8-4-5-14(11-25)16-7-6-15-13(2)23-24(3)18(15)22-16/h6-7,9-10,14H,4-5,8,11H2,1-3H3/t14-/m0/s1. The second-order valence-corrected chi connectivity index (χ2v) is 6.95. The SMILES string of the molecule is Cc1cnc(C(=O)N2CCC[C@H](c3ccc4c(C)nn(C)c4n3)C2)cn1. The number of fused-ring (bicyclic) bond motifs is 1. The lowest BCUT2D eigenvalue weighted by Crippen LogP contribution is -2.39. The largest absolute Gasteiger partial charge is 0.337 e. The van der Waals surface area contributed by atoms with Gasteiger partial charge in [0, 0.05) is 43.3 Å². The molecule has 3 aromatic rings. The fourth-order valence-electron chi connectivity index (χ4n) is 3.61. The molecular formula is C19H22N6O. The number of aromatic nitrogens is 5. The molecule has 4 heterocycles. The van der Waals surface area contributed by atoms with Crippen molar-refractivity contribution in [1.29, 1.82) is 0 Å². The summed E-state index contributed by atoms with van der Waals surface area (Å²) in [4.78, 5) is 27.9. The van der Waals surface area contributed by atoms with E-state index in [0.29, 0.717) is 12.2 Å². The van der Waals surface area contributed by atoms with Gasteiger partial charge in [-0.3, -0.25) is 14.5 Å². The quantitative estimate of drug-likeness (QED) is 0.709. The number of carbonyl (C=O) groups is 1. The monoisotopic (exact) mass is 350 g/mol. The van der Waals surface area contributed by atoms with Gasteiger partial charge < -0.3 is 4.90 Å². The lowest BCUT2D eigenvalue weighted by Gasteiger charge is -2.32. The molecule has 0 radical (unpaired) electrons. The summed E-state index contributed by atoms with van der Waals surface area (Å²) < 4.78 is 1.82. The topological polar surface area (TPSA) is 76.8 Å². The van der Waals surface area contributed by atoms with Gasteiger partial charge in [0.15, 0.2) is 5.65 Å². The van der Waals surface area contributed by atoms with Crippen LogP contribution in [0.25, 0.3) is 11.0 Å². The normalized spacial score (nSPS) is 17.7. The van der Waals surface area contributed by atoms with Crippen LogP contribution in [0.3, 0.4) is 0 Å². The van der Waals surface area contributed by atoms with Crippen LogP contribution in [0.5, 0.6) is 0 Å². The van der Waals surface area contributed by atoms with Crippen LogP contribution in [-0.4, -0.2) is 48.6 Å². The van der Waals surface area contributed by atoms with Gasteiger partial charge in [-0.25, -0.2) is 9.97 Å². The molecule has 0 aliphatic carbocycles. The molecule has 1 atom stereocenters. The van der Waals surface area contributed by atoms with Gasteiger partial charge in [0.1, 0.15) is 5.69 Å². The zero-order chi connectivity index (χ0) is 18.3. The summed E-state index contributed by atoms with van der Waals surface area (Å²) in [5.74, 6) is 0.172. The minimum absolute atomic E-state index is 0.0559. The van der Waals surface area contributed by atoms with Gasteiger partial charge >= 0.3 is 0 Å². The van der Waals surface area contributed by atoms with E-state index in [9.17, 15) is 4.79 Å². The Kier molecular flexibility index (Phi) is 4.14. The number of pyridine rings is 1. The summed E-state index contributed by atoms with van der Waals surface area (Å²) in [6.07, 6.45) is 5.18. The lowest BCUT2D eigenvalue weighted by atomic mass is 9.94. The maximum atomic E-state index is 12.7. The second-order valence-electron chi connectivity index (χ2n) is 6.95. The van der Waals surface area contributed by atoms with E-state index in [1.165, 1.54) is 0 Å². The molecule has 7 nitrogen and oxygen atoms in total. The first kappa shape index (κ1) is 16.6. The van der Waals surface area contributed by atoms with Crippen molar-refractivity contribution in [3.63, 3.8) is 0 Å². The fourth-order valence-corrected chi connectivity index (χ4v) is 3.61. The number of likely N-dealkylation sites (tertiary alicyclic amines) is 1. The Bertz CT molecular complexity index is 962. The molecule has 1 aliphatic heterocycles. The van der Waals surface area contributed by atoms with E-state index < -0.39 is 0 Å². The first-order chi connectivity index (χ1) is 12.5. The third kappa shape index (κ3) is 2.94. The molecule has 7 heteroatoms. The number of rotatable bonds is 2. The van der Waals surface area contributed by atoms with Crippen LogP contribution in [0.15, 0.2) is 24.5 Å². The molecule has 0 saturated carbocycles. The zero-order valence-electron chi connectivity index (χ0n) is 15.3. The Labute approximate surface area is 152 Å². The fraction of sp³-hybridized carbons (Fsp3) is 0.421. The average Bonchev–Trinajstić information content (AvgIpc) is 2.95. The first-order valence-corrected chi connectivity index (χ1v) is 8.91. The van der Waals surface area contributed by atoms with E-state index in [4.69, 9.17) is 4.98 Å². The highest BCUT2D eigenvalue weighted by Gasteiger charge is 2.27. The molecule has 3 aromatic heterocycles. The molecule has 0 unspecified atom stereocenters. The van der Waals surface area contributed by atoms with E-state index in [0.717, 1.165) is 47.5 Å². The summed E-state index contributed by atoms with van der Waals surface area (Å²) >= 11 is 0. The molecular weight excluding hydrogens is 328 g/mol. The van der Waals surface area contributed by atoms with Gasteiger partial charge in [0.2, 0.25) is 0 Å². The van der Waals surface area contributed by atoms with E-state index in [2.05, 4.69) is 27.2 Å². The molecule has 0 bridgehead atoms. The van der Waals surface area contributed by atoms with Crippen molar-refractivity contribution in [3.8, 4) is 0 Å². The maximum absolute atomic E-state index is 12.7. The average molecular weight is 350 g/mol. The third-order valence-electron chi connectivity index (χ3n) is 5.02. The van der Waals surface area contributed by atoms with Gasteiger partial charge in [-0.1, -0.05) is 0 Å². The molecule has 1 fully saturated rings. The summed E-state index contributed by atoms with van der Waals surface area (Å²) in [5, 5.41) is 5.52. The predicted molar refractivity (Wildman–Crippen MR) is 97.9 cm³/mol. The van der Waals surface area contributed by atoms with Gasteiger partial charge in [-0.2, -0.15) is 5.10 Å². The van der Waals surface area contributed by atoms with E-state index >= 15 is 0 Å². The Morgan fingerprint density at radius 3 is 2.81 bits per heavy atom. The number of piperidine rings is 1. The first-order valence-electron chi connectivity index (χ1n) is 8.91. The molecule has 1 saturated heterocycles. The Hall–Kier alpha value is -2.83. The van der Waals surface area contributed by atoms with Crippen molar-refractivity contribution >= 4 is 16.9 Å². The Morgan fingerprint density at radius 1 is 1.19 bits per heavy atom. The number of amides is 1. The van der Waals surface area contributed by atoms with Crippen molar-refractivity contribution in [2.45, 2.75) is 32.6 Å². The number of aryl methyl sites for hydroxylation is 3. The van der Waals surface area contributed by atoms with E-state index in [-0.39, 0.29) is 11.8 Å². The van der Waals surface area contributed by atoms with Crippen LogP contribution in [0.4, 0.5) is 0 Å². The number of nitrogens with zero attached hydrogens (tertiary/aromatic N) is 6. The minimum Gasteiger partial charge on any atom is -0.337 e. The molecule has 26 heavy (non-hydrogen) atoms. The van der Waals surface area contributed by atoms with Crippen molar-refractivity contribution in [2.75, 3.05) is 13.1 Å². The summed E-state index contributed by atoms with van der Waals surface area (Å²) in [6, 6.07) is 4.16. The zero-order valence-corrected chi connectivity index (χ0v) is 15.3. The van der Waals surface area contributed by atoms with Gasteiger partial charge in [-0.05, 0) is 38.8 Å². The number of hydrogen-bond acceptors (Lipinski definition) is 5. The highest BCUT2D eigenvalue weighted by Crippen LogP contribution is 2.28.